The Hall–Kier alpha value is -0.870. The van der Waals surface area contributed by atoms with Crippen LogP contribution in [-0.2, 0) is 0 Å². The molecule has 0 aromatic heterocycles. The van der Waals surface area contributed by atoms with E-state index in [-0.39, 0.29) is 12.6 Å². The van der Waals surface area contributed by atoms with Crippen LogP contribution in [0, 0.1) is 0 Å². The van der Waals surface area contributed by atoms with Crippen molar-refractivity contribution in [2.45, 2.75) is 19.9 Å². The van der Waals surface area contributed by atoms with E-state index < -0.39 is 0 Å². The van der Waals surface area contributed by atoms with Crippen LogP contribution in [0.3, 0.4) is 0 Å². The van der Waals surface area contributed by atoms with Crippen molar-refractivity contribution in [3.8, 4) is 0 Å². The molecule has 1 N–H and O–H groups in total. The zero-order valence-corrected chi connectivity index (χ0v) is 11.1. The first-order valence-corrected chi connectivity index (χ1v) is 6.01. The first-order chi connectivity index (χ1) is 7.60. The Labute approximate surface area is 104 Å². The van der Waals surface area contributed by atoms with Crippen molar-refractivity contribution >= 4 is 27.9 Å². The number of benzene rings is 1. The summed E-state index contributed by atoms with van der Waals surface area (Å²) in [6.45, 7) is 4.66. The predicted octanol–water partition coefficient (Wildman–Crippen LogP) is 2.47. The second-order valence-electron chi connectivity index (χ2n) is 3.83. The number of anilines is 1. The minimum atomic E-state index is 0.0724. The molecule has 0 radical (unpaired) electrons. The van der Waals surface area contributed by atoms with Gasteiger partial charge in [0.25, 0.3) is 0 Å². The van der Waals surface area contributed by atoms with Crippen molar-refractivity contribution in [2.24, 2.45) is 0 Å². The van der Waals surface area contributed by atoms with E-state index in [1.165, 1.54) is 0 Å². The molecule has 1 rings (SSSR count). The number of nitrogens with zero attached hydrogens (tertiary/aromatic N) is 1. The van der Waals surface area contributed by atoms with Gasteiger partial charge < -0.3 is 10.0 Å². The number of aliphatic hydroxyl groups is 1. The fraction of sp³-hybridized carbons (Fsp3) is 0.417. The van der Waals surface area contributed by atoms with Gasteiger partial charge in [0.1, 0.15) is 0 Å². The molecule has 1 aromatic carbocycles. The lowest BCUT2D eigenvalue weighted by Gasteiger charge is -2.29. The second kappa shape index (κ2) is 6.01. The fourth-order valence-corrected chi connectivity index (χ4v) is 1.98. The average Bonchev–Trinajstić information content (AvgIpc) is 2.25. The summed E-state index contributed by atoms with van der Waals surface area (Å²) in [7, 11) is 0. The third kappa shape index (κ3) is 3.06. The van der Waals surface area contributed by atoms with Crippen LogP contribution < -0.4 is 4.90 Å². The van der Waals surface area contributed by atoms with Crippen LogP contribution in [0.4, 0.5) is 5.69 Å². The van der Waals surface area contributed by atoms with Crippen LogP contribution in [0.15, 0.2) is 22.7 Å². The molecule has 0 heterocycles. The summed E-state index contributed by atoms with van der Waals surface area (Å²) in [6.07, 6.45) is 0.842. The highest BCUT2D eigenvalue weighted by Crippen LogP contribution is 2.25. The smallest absolute Gasteiger partial charge is 0.152 e. The first-order valence-electron chi connectivity index (χ1n) is 5.22. The molecule has 0 aliphatic carbocycles. The number of carbonyl (C=O) groups excluding carboxylic acids is 1. The molecule has 3 nitrogen and oxygen atoms in total. The maximum absolute atomic E-state index is 11.0. The molecule has 0 saturated carbocycles. The fourth-order valence-electron chi connectivity index (χ4n) is 1.63. The van der Waals surface area contributed by atoms with Crippen molar-refractivity contribution < 1.29 is 9.90 Å². The molecule has 88 valence electrons. The number of rotatable bonds is 5. The van der Waals surface area contributed by atoms with Crippen molar-refractivity contribution in [2.75, 3.05) is 18.1 Å². The Bertz CT molecular complexity index is 366. The third-order valence-electron chi connectivity index (χ3n) is 2.39. The minimum absolute atomic E-state index is 0.0724. The maximum atomic E-state index is 11.0. The zero-order chi connectivity index (χ0) is 12.1. The molecule has 0 bridgehead atoms. The molecular weight excluding hydrogens is 270 g/mol. The Balaban J connectivity index is 3.15. The Morgan fingerprint density at radius 3 is 2.69 bits per heavy atom. The normalized spacial score (nSPS) is 10.6. The van der Waals surface area contributed by atoms with Gasteiger partial charge in [-0.3, -0.25) is 4.79 Å². The molecule has 0 atom stereocenters. The summed E-state index contributed by atoms with van der Waals surface area (Å²) < 4.78 is 0.927. The lowest BCUT2D eigenvalue weighted by atomic mass is 10.1. The Morgan fingerprint density at radius 2 is 2.19 bits per heavy atom. The van der Waals surface area contributed by atoms with E-state index in [2.05, 4.69) is 15.9 Å². The van der Waals surface area contributed by atoms with Crippen LogP contribution in [-0.4, -0.2) is 30.6 Å². The van der Waals surface area contributed by atoms with Crippen LogP contribution in [0.25, 0.3) is 0 Å². The highest BCUT2D eigenvalue weighted by atomic mass is 79.9. The molecule has 0 unspecified atom stereocenters. The van der Waals surface area contributed by atoms with Gasteiger partial charge in [-0.2, -0.15) is 0 Å². The van der Waals surface area contributed by atoms with E-state index in [1.807, 2.05) is 30.9 Å². The van der Waals surface area contributed by atoms with Crippen molar-refractivity contribution in [3.05, 3.63) is 28.2 Å². The van der Waals surface area contributed by atoms with Gasteiger partial charge in [0.2, 0.25) is 0 Å². The van der Waals surface area contributed by atoms with E-state index >= 15 is 0 Å². The van der Waals surface area contributed by atoms with Crippen LogP contribution in [0.5, 0.6) is 0 Å². The van der Waals surface area contributed by atoms with Gasteiger partial charge in [-0.15, -0.1) is 0 Å². The molecule has 0 spiro atoms. The lowest BCUT2D eigenvalue weighted by molar-refractivity contribution is 0.112. The topological polar surface area (TPSA) is 40.5 Å². The van der Waals surface area contributed by atoms with Crippen molar-refractivity contribution in [3.63, 3.8) is 0 Å². The van der Waals surface area contributed by atoms with E-state index in [4.69, 9.17) is 5.11 Å². The minimum Gasteiger partial charge on any atom is -0.395 e. The quantitative estimate of drug-likeness (QED) is 0.845. The van der Waals surface area contributed by atoms with E-state index in [1.54, 1.807) is 6.07 Å². The van der Waals surface area contributed by atoms with Crippen molar-refractivity contribution in [1.29, 1.82) is 0 Å². The van der Waals surface area contributed by atoms with E-state index in [0.717, 1.165) is 16.4 Å². The zero-order valence-electron chi connectivity index (χ0n) is 9.48. The summed E-state index contributed by atoms with van der Waals surface area (Å²) in [6, 6.07) is 5.75. The molecule has 0 saturated heterocycles. The molecule has 0 fully saturated rings. The van der Waals surface area contributed by atoms with Crippen LogP contribution >= 0.6 is 15.9 Å². The van der Waals surface area contributed by atoms with Gasteiger partial charge in [0.05, 0.1) is 6.61 Å². The number of hydrogen-bond acceptors (Lipinski definition) is 3. The Morgan fingerprint density at radius 1 is 1.50 bits per heavy atom. The SMILES string of the molecule is CC(C)N(CCO)c1cc(Br)ccc1C=O. The summed E-state index contributed by atoms with van der Waals surface area (Å²) in [5.74, 6) is 0. The summed E-state index contributed by atoms with van der Waals surface area (Å²) in [4.78, 5) is 13.0. The van der Waals surface area contributed by atoms with Crippen LogP contribution in [0.1, 0.15) is 24.2 Å². The summed E-state index contributed by atoms with van der Waals surface area (Å²) in [5.41, 5.74) is 1.50. The largest absolute Gasteiger partial charge is 0.395 e. The predicted molar refractivity (Wildman–Crippen MR) is 69.1 cm³/mol. The van der Waals surface area contributed by atoms with Gasteiger partial charge >= 0.3 is 0 Å². The number of aldehydes is 1. The molecule has 16 heavy (non-hydrogen) atoms. The van der Waals surface area contributed by atoms with Gasteiger partial charge in [-0.1, -0.05) is 15.9 Å². The third-order valence-corrected chi connectivity index (χ3v) is 2.89. The molecule has 0 aliphatic rings. The number of carbonyl (C=O) groups is 1. The molecule has 0 amide bonds. The first kappa shape index (κ1) is 13.2. The standard InChI is InChI=1S/C12H16BrNO2/c1-9(2)14(5-6-15)12-7-11(13)4-3-10(12)8-16/h3-4,7-9,15H,5-6H2,1-2H3. The molecule has 0 aliphatic heterocycles. The Kier molecular flexibility index (Phi) is 4.96. The van der Waals surface area contributed by atoms with E-state index in [9.17, 15) is 4.79 Å². The highest BCUT2D eigenvalue weighted by molar-refractivity contribution is 9.10. The average molecular weight is 286 g/mol. The number of halogens is 1. The lowest BCUT2D eigenvalue weighted by Crippen LogP contribution is -2.34. The monoisotopic (exact) mass is 285 g/mol. The highest BCUT2D eigenvalue weighted by Gasteiger charge is 2.14. The van der Waals surface area contributed by atoms with Gasteiger partial charge in [0.15, 0.2) is 6.29 Å². The molecule has 1 aromatic rings. The van der Waals surface area contributed by atoms with Crippen LogP contribution in [0.2, 0.25) is 0 Å². The number of hydrogen-bond donors (Lipinski definition) is 1. The molecule has 4 heteroatoms. The van der Waals surface area contributed by atoms with Gasteiger partial charge in [0, 0.05) is 28.3 Å². The molecular formula is C12H16BrNO2. The summed E-state index contributed by atoms with van der Waals surface area (Å²) in [5, 5.41) is 9.04. The number of aliphatic hydroxyl groups excluding tert-OH is 1. The second-order valence-corrected chi connectivity index (χ2v) is 4.75. The van der Waals surface area contributed by atoms with Gasteiger partial charge in [-0.25, -0.2) is 0 Å². The van der Waals surface area contributed by atoms with Crippen molar-refractivity contribution in [1.82, 2.24) is 0 Å². The maximum Gasteiger partial charge on any atom is 0.152 e. The van der Waals surface area contributed by atoms with E-state index in [0.29, 0.717) is 12.1 Å². The van der Waals surface area contributed by atoms with Gasteiger partial charge in [-0.05, 0) is 32.0 Å². The summed E-state index contributed by atoms with van der Waals surface area (Å²) >= 11 is 3.39.